The number of aromatic nitrogens is 2. The molecule has 0 radical (unpaired) electrons. The highest BCUT2D eigenvalue weighted by atomic mass is 32.2. The molecule has 28 heavy (non-hydrogen) atoms. The third kappa shape index (κ3) is 4.37. The Kier molecular flexibility index (Phi) is 6.07. The van der Waals surface area contributed by atoms with Crippen LogP contribution in [0.5, 0.6) is 0 Å². The minimum atomic E-state index is -3.96. The molecule has 2 aromatic carbocycles. The lowest BCUT2D eigenvalue weighted by Crippen LogP contribution is -2.47. The number of benzene rings is 2. The van der Waals surface area contributed by atoms with Gasteiger partial charge in [0.1, 0.15) is 22.0 Å². The van der Waals surface area contributed by atoms with Crippen molar-refractivity contribution in [1.29, 1.82) is 0 Å². The Hall–Kier alpha value is -2.36. The van der Waals surface area contributed by atoms with Gasteiger partial charge in [0.25, 0.3) is 0 Å². The average Bonchev–Trinajstić information content (AvgIpc) is 3.15. The molecule has 0 aliphatic heterocycles. The standard InChI is InChI=1S/C19H22N4O3S2/c1-4-13-8-10-14(11-9-13)20-19(24)17(12(2)3)23-28(25,26)16-7-5-6-15-18(16)22-27-21-15/h5-12,17,23H,4H2,1-3H3,(H,20,24)/t17-/m0/s1. The number of rotatable bonds is 7. The van der Waals surface area contributed by atoms with Gasteiger partial charge in [-0.3, -0.25) is 4.79 Å². The highest BCUT2D eigenvalue weighted by Gasteiger charge is 2.30. The minimum absolute atomic E-state index is 0.0181. The highest BCUT2D eigenvalue weighted by molar-refractivity contribution is 7.89. The summed E-state index contributed by atoms with van der Waals surface area (Å²) in [5.74, 6) is -0.663. The predicted octanol–water partition coefficient (Wildman–Crippen LogP) is 3.20. The van der Waals surface area contributed by atoms with Gasteiger partial charge < -0.3 is 5.32 Å². The van der Waals surface area contributed by atoms with Gasteiger partial charge in [-0.05, 0) is 42.2 Å². The molecule has 0 unspecified atom stereocenters. The van der Waals surface area contributed by atoms with E-state index in [9.17, 15) is 13.2 Å². The molecule has 0 spiro atoms. The summed E-state index contributed by atoms with van der Waals surface area (Å²) in [6.45, 7) is 5.63. The second kappa shape index (κ2) is 8.34. The van der Waals surface area contributed by atoms with Crippen LogP contribution < -0.4 is 10.0 Å². The number of amides is 1. The second-order valence-electron chi connectivity index (χ2n) is 6.77. The van der Waals surface area contributed by atoms with Crippen molar-refractivity contribution in [3.05, 3.63) is 48.0 Å². The van der Waals surface area contributed by atoms with Crippen LogP contribution in [0.4, 0.5) is 5.69 Å². The number of carbonyl (C=O) groups is 1. The molecule has 3 rings (SSSR count). The van der Waals surface area contributed by atoms with Crippen LogP contribution in [0.3, 0.4) is 0 Å². The van der Waals surface area contributed by atoms with Crippen LogP contribution in [0.15, 0.2) is 47.4 Å². The summed E-state index contributed by atoms with van der Waals surface area (Å²) in [4.78, 5) is 12.8. The van der Waals surface area contributed by atoms with Crippen molar-refractivity contribution in [2.75, 3.05) is 5.32 Å². The number of hydrogen-bond donors (Lipinski definition) is 2. The first kappa shape index (κ1) is 20.4. The fourth-order valence-electron chi connectivity index (χ4n) is 2.77. The van der Waals surface area contributed by atoms with Crippen LogP contribution in [0.1, 0.15) is 26.3 Å². The first-order chi connectivity index (χ1) is 13.3. The predicted molar refractivity (Wildman–Crippen MR) is 111 cm³/mol. The fraction of sp³-hybridized carbons (Fsp3) is 0.316. The molecule has 0 fully saturated rings. The van der Waals surface area contributed by atoms with Crippen LogP contribution in [-0.4, -0.2) is 29.1 Å². The van der Waals surface area contributed by atoms with Crippen molar-refractivity contribution in [2.45, 2.75) is 38.1 Å². The molecule has 1 atom stereocenters. The number of aryl methyl sites for hydroxylation is 1. The van der Waals surface area contributed by atoms with Crippen molar-refractivity contribution in [3.63, 3.8) is 0 Å². The van der Waals surface area contributed by atoms with Gasteiger partial charge in [0.2, 0.25) is 15.9 Å². The van der Waals surface area contributed by atoms with Gasteiger partial charge >= 0.3 is 0 Å². The first-order valence-corrected chi connectivity index (χ1v) is 11.2. The number of nitrogens with one attached hydrogen (secondary N) is 2. The zero-order valence-electron chi connectivity index (χ0n) is 15.8. The summed E-state index contributed by atoms with van der Waals surface area (Å²) in [5.41, 5.74) is 2.59. The Labute approximate surface area is 168 Å². The average molecular weight is 419 g/mol. The van der Waals surface area contributed by atoms with Gasteiger partial charge in [-0.1, -0.05) is 39.0 Å². The van der Waals surface area contributed by atoms with Crippen molar-refractivity contribution in [3.8, 4) is 0 Å². The van der Waals surface area contributed by atoms with Crippen molar-refractivity contribution in [2.24, 2.45) is 5.92 Å². The van der Waals surface area contributed by atoms with E-state index in [0.717, 1.165) is 23.7 Å². The molecule has 0 saturated heterocycles. The lowest BCUT2D eigenvalue weighted by atomic mass is 10.0. The maximum absolute atomic E-state index is 12.9. The summed E-state index contributed by atoms with van der Waals surface area (Å²) in [6, 6.07) is 11.3. The maximum Gasteiger partial charge on any atom is 0.243 e. The largest absolute Gasteiger partial charge is 0.325 e. The molecule has 3 aromatic rings. The van der Waals surface area contributed by atoms with E-state index in [1.165, 1.54) is 6.07 Å². The van der Waals surface area contributed by atoms with Crippen molar-refractivity contribution >= 4 is 44.4 Å². The first-order valence-electron chi connectivity index (χ1n) is 8.95. The fourth-order valence-corrected chi connectivity index (χ4v) is 4.88. The Morgan fingerprint density at radius 1 is 1.11 bits per heavy atom. The van der Waals surface area contributed by atoms with Gasteiger partial charge in [0.05, 0.1) is 11.7 Å². The lowest BCUT2D eigenvalue weighted by Gasteiger charge is -2.21. The minimum Gasteiger partial charge on any atom is -0.325 e. The summed E-state index contributed by atoms with van der Waals surface area (Å²) in [5, 5.41) is 2.79. The number of sulfonamides is 1. The van der Waals surface area contributed by atoms with E-state index in [1.807, 2.05) is 24.3 Å². The quantitative estimate of drug-likeness (QED) is 0.614. The highest BCUT2D eigenvalue weighted by Crippen LogP contribution is 2.22. The zero-order valence-corrected chi connectivity index (χ0v) is 17.5. The molecule has 0 bridgehead atoms. The zero-order chi connectivity index (χ0) is 20.3. The SMILES string of the molecule is CCc1ccc(NC(=O)[C@@H](NS(=O)(=O)c2cccc3nsnc23)C(C)C)cc1. The van der Waals surface area contributed by atoms with Crippen LogP contribution in [0.2, 0.25) is 0 Å². The van der Waals surface area contributed by atoms with Gasteiger partial charge in [-0.2, -0.15) is 13.5 Å². The van der Waals surface area contributed by atoms with E-state index in [2.05, 4.69) is 25.7 Å². The number of anilines is 1. The van der Waals surface area contributed by atoms with Gasteiger partial charge in [0.15, 0.2) is 0 Å². The molecule has 7 nitrogen and oxygen atoms in total. The number of hydrogen-bond acceptors (Lipinski definition) is 6. The summed E-state index contributed by atoms with van der Waals surface area (Å²) >= 11 is 0.948. The van der Waals surface area contributed by atoms with E-state index in [0.29, 0.717) is 16.7 Å². The topological polar surface area (TPSA) is 101 Å². The Morgan fingerprint density at radius 3 is 2.46 bits per heavy atom. The molecule has 0 aliphatic rings. The van der Waals surface area contributed by atoms with Crippen LogP contribution in [0.25, 0.3) is 11.0 Å². The Morgan fingerprint density at radius 2 is 1.82 bits per heavy atom. The summed E-state index contributed by atoms with van der Waals surface area (Å²) < 4.78 is 36.6. The molecule has 1 amide bonds. The number of carbonyl (C=O) groups excluding carboxylic acids is 1. The number of fused-ring (bicyclic) bond motifs is 1. The van der Waals surface area contributed by atoms with E-state index in [-0.39, 0.29) is 10.8 Å². The third-order valence-electron chi connectivity index (χ3n) is 4.40. The molecule has 0 aliphatic carbocycles. The van der Waals surface area contributed by atoms with E-state index >= 15 is 0 Å². The second-order valence-corrected chi connectivity index (χ2v) is 8.98. The van der Waals surface area contributed by atoms with Crippen LogP contribution in [0, 0.1) is 5.92 Å². The Balaban J connectivity index is 1.83. The maximum atomic E-state index is 12.9. The smallest absolute Gasteiger partial charge is 0.243 e. The molecular weight excluding hydrogens is 396 g/mol. The monoisotopic (exact) mass is 418 g/mol. The molecule has 148 valence electrons. The third-order valence-corrected chi connectivity index (χ3v) is 6.41. The summed E-state index contributed by atoms with van der Waals surface area (Å²) in [6.07, 6.45) is 0.902. The number of nitrogens with zero attached hydrogens (tertiary/aromatic N) is 2. The van der Waals surface area contributed by atoms with E-state index in [1.54, 1.807) is 26.0 Å². The van der Waals surface area contributed by atoms with E-state index < -0.39 is 22.0 Å². The van der Waals surface area contributed by atoms with Gasteiger partial charge in [-0.25, -0.2) is 8.42 Å². The lowest BCUT2D eigenvalue weighted by molar-refractivity contribution is -0.118. The molecule has 0 saturated carbocycles. The van der Waals surface area contributed by atoms with E-state index in [4.69, 9.17) is 0 Å². The molecule has 1 aromatic heterocycles. The summed E-state index contributed by atoms with van der Waals surface area (Å²) in [7, 11) is -3.96. The normalized spacial score (nSPS) is 13.0. The Bertz CT molecular complexity index is 1080. The van der Waals surface area contributed by atoms with Gasteiger partial charge in [0, 0.05) is 5.69 Å². The van der Waals surface area contributed by atoms with Crippen molar-refractivity contribution in [1.82, 2.24) is 13.5 Å². The molecular formula is C19H22N4O3S2. The van der Waals surface area contributed by atoms with Crippen LogP contribution in [-0.2, 0) is 21.2 Å². The molecule has 1 heterocycles. The molecule has 2 N–H and O–H groups in total. The molecule has 9 heteroatoms. The van der Waals surface area contributed by atoms with Crippen LogP contribution >= 0.6 is 11.7 Å². The van der Waals surface area contributed by atoms with Crippen molar-refractivity contribution < 1.29 is 13.2 Å². The van der Waals surface area contributed by atoms with Gasteiger partial charge in [-0.15, -0.1) is 0 Å².